The highest BCUT2D eigenvalue weighted by Gasteiger charge is 2.16. The Morgan fingerprint density at radius 1 is 1.56 bits per heavy atom. The van der Waals surface area contributed by atoms with E-state index in [0.717, 1.165) is 28.0 Å². The second-order valence-corrected chi connectivity index (χ2v) is 5.22. The van der Waals surface area contributed by atoms with Crippen LogP contribution in [0, 0.1) is 6.92 Å². The maximum atomic E-state index is 9.66. The summed E-state index contributed by atoms with van der Waals surface area (Å²) in [4.78, 5) is 7.60. The monoisotopic (exact) mass is 266 g/mol. The van der Waals surface area contributed by atoms with Crippen LogP contribution in [0.2, 0.25) is 0 Å². The molecular formula is C13H18N2O2S. The van der Waals surface area contributed by atoms with E-state index >= 15 is 0 Å². The molecule has 0 aliphatic heterocycles. The molecule has 0 spiro atoms. The third-order valence-electron chi connectivity index (χ3n) is 2.78. The lowest BCUT2D eigenvalue weighted by atomic mass is 10.3. The summed E-state index contributed by atoms with van der Waals surface area (Å²) < 4.78 is 5.36. The van der Waals surface area contributed by atoms with Crippen molar-refractivity contribution >= 4 is 16.5 Å². The Hall–Kier alpha value is -1.33. The van der Waals surface area contributed by atoms with Crippen LogP contribution in [0.1, 0.15) is 36.3 Å². The lowest BCUT2D eigenvalue weighted by Crippen LogP contribution is -2.21. The normalized spacial score (nSPS) is 12.7. The van der Waals surface area contributed by atoms with E-state index in [1.54, 1.807) is 24.5 Å². The zero-order chi connectivity index (χ0) is 13.1. The first-order valence-electron chi connectivity index (χ1n) is 6.04. The molecule has 0 amide bonds. The van der Waals surface area contributed by atoms with Crippen LogP contribution in [0.5, 0.6) is 0 Å². The minimum Gasteiger partial charge on any atom is -0.467 e. The maximum Gasteiger partial charge on any atom is 0.186 e. The molecule has 2 aromatic rings. The van der Waals surface area contributed by atoms with Crippen LogP contribution < -0.4 is 4.90 Å². The number of aryl methyl sites for hydroxylation is 1. The standard InChI is InChI=1S/C13H18N2O2S/c1-4-15(8-11-6-5-7-17-11)13-14-9(2)12(18-13)10(3)16/h5-7,10,16H,4,8H2,1-3H3. The molecule has 2 rings (SSSR count). The van der Waals surface area contributed by atoms with Gasteiger partial charge in [-0.25, -0.2) is 4.98 Å². The van der Waals surface area contributed by atoms with Crippen molar-refractivity contribution in [1.82, 2.24) is 4.98 Å². The molecule has 1 N–H and O–H groups in total. The first-order valence-corrected chi connectivity index (χ1v) is 6.86. The molecule has 18 heavy (non-hydrogen) atoms. The van der Waals surface area contributed by atoms with Crippen molar-refractivity contribution in [2.45, 2.75) is 33.4 Å². The Labute approximate surface area is 111 Å². The predicted octanol–water partition coefficient (Wildman–Crippen LogP) is 3.12. The number of aliphatic hydroxyl groups is 1. The van der Waals surface area contributed by atoms with Crippen LogP contribution >= 0.6 is 11.3 Å². The van der Waals surface area contributed by atoms with Crippen molar-refractivity contribution in [2.75, 3.05) is 11.4 Å². The number of rotatable bonds is 5. The van der Waals surface area contributed by atoms with Crippen LogP contribution in [-0.4, -0.2) is 16.6 Å². The summed E-state index contributed by atoms with van der Waals surface area (Å²) in [5.41, 5.74) is 0.905. The van der Waals surface area contributed by atoms with Crippen LogP contribution in [0.15, 0.2) is 22.8 Å². The van der Waals surface area contributed by atoms with E-state index in [1.807, 2.05) is 19.1 Å². The summed E-state index contributed by atoms with van der Waals surface area (Å²) in [6, 6.07) is 3.84. The van der Waals surface area contributed by atoms with Crippen molar-refractivity contribution in [3.05, 3.63) is 34.7 Å². The Balaban J connectivity index is 2.19. The van der Waals surface area contributed by atoms with Crippen molar-refractivity contribution in [1.29, 1.82) is 0 Å². The van der Waals surface area contributed by atoms with Gasteiger partial charge in [0.2, 0.25) is 0 Å². The average molecular weight is 266 g/mol. The molecule has 0 aromatic carbocycles. The van der Waals surface area contributed by atoms with E-state index in [4.69, 9.17) is 4.42 Å². The highest BCUT2D eigenvalue weighted by atomic mass is 32.1. The number of hydrogen-bond donors (Lipinski definition) is 1. The van der Waals surface area contributed by atoms with Gasteiger partial charge >= 0.3 is 0 Å². The summed E-state index contributed by atoms with van der Waals surface area (Å²) >= 11 is 1.55. The molecule has 0 bridgehead atoms. The van der Waals surface area contributed by atoms with Crippen molar-refractivity contribution < 1.29 is 9.52 Å². The summed E-state index contributed by atoms with van der Waals surface area (Å²) in [7, 11) is 0. The number of aliphatic hydroxyl groups excluding tert-OH is 1. The van der Waals surface area contributed by atoms with Crippen molar-refractivity contribution in [3.8, 4) is 0 Å². The maximum absolute atomic E-state index is 9.66. The number of thiazole rings is 1. The summed E-state index contributed by atoms with van der Waals surface area (Å²) in [6.45, 7) is 7.35. The van der Waals surface area contributed by atoms with E-state index in [1.165, 1.54) is 0 Å². The van der Waals surface area contributed by atoms with Crippen molar-refractivity contribution in [2.24, 2.45) is 0 Å². The molecule has 0 saturated carbocycles. The van der Waals surface area contributed by atoms with Gasteiger partial charge in [0.1, 0.15) is 5.76 Å². The minimum absolute atomic E-state index is 0.460. The zero-order valence-electron chi connectivity index (χ0n) is 10.9. The summed E-state index contributed by atoms with van der Waals surface area (Å²) in [6.07, 6.45) is 1.22. The molecule has 0 radical (unpaired) electrons. The van der Waals surface area contributed by atoms with Gasteiger partial charge in [0.25, 0.3) is 0 Å². The summed E-state index contributed by atoms with van der Waals surface area (Å²) in [5.74, 6) is 0.920. The third-order valence-corrected chi connectivity index (χ3v) is 4.17. The number of nitrogens with zero attached hydrogens (tertiary/aromatic N) is 2. The molecule has 1 atom stereocenters. The quantitative estimate of drug-likeness (QED) is 0.903. The fourth-order valence-corrected chi connectivity index (χ4v) is 2.89. The van der Waals surface area contributed by atoms with Gasteiger partial charge in [0, 0.05) is 6.54 Å². The van der Waals surface area contributed by atoms with Crippen LogP contribution in [0.4, 0.5) is 5.13 Å². The number of furan rings is 1. The average Bonchev–Trinajstić information content (AvgIpc) is 2.94. The van der Waals surface area contributed by atoms with Crippen LogP contribution in [0.25, 0.3) is 0 Å². The zero-order valence-corrected chi connectivity index (χ0v) is 11.7. The molecule has 0 saturated heterocycles. The minimum atomic E-state index is -0.460. The highest BCUT2D eigenvalue weighted by Crippen LogP contribution is 2.31. The second-order valence-electron chi connectivity index (χ2n) is 4.22. The van der Waals surface area contributed by atoms with Gasteiger partial charge in [0.15, 0.2) is 5.13 Å². The topological polar surface area (TPSA) is 49.5 Å². The Bertz CT molecular complexity index is 491. The predicted molar refractivity (Wildman–Crippen MR) is 72.9 cm³/mol. The highest BCUT2D eigenvalue weighted by molar-refractivity contribution is 7.15. The molecule has 0 aliphatic rings. The molecular weight excluding hydrogens is 248 g/mol. The van der Waals surface area contributed by atoms with Gasteiger partial charge in [-0.3, -0.25) is 0 Å². The van der Waals surface area contributed by atoms with Gasteiger partial charge in [-0.05, 0) is 32.9 Å². The number of anilines is 1. The molecule has 5 heteroatoms. The lowest BCUT2D eigenvalue weighted by Gasteiger charge is -2.18. The molecule has 98 valence electrons. The first kappa shape index (κ1) is 13.1. The second kappa shape index (κ2) is 5.54. The molecule has 0 aliphatic carbocycles. The van der Waals surface area contributed by atoms with Gasteiger partial charge < -0.3 is 14.4 Å². The van der Waals surface area contributed by atoms with E-state index < -0.39 is 6.10 Å². The largest absolute Gasteiger partial charge is 0.467 e. The molecule has 2 aromatic heterocycles. The number of aromatic nitrogens is 1. The Morgan fingerprint density at radius 2 is 2.33 bits per heavy atom. The van der Waals surface area contributed by atoms with Crippen LogP contribution in [0.3, 0.4) is 0 Å². The van der Waals surface area contributed by atoms with Gasteiger partial charge in [-0.2, -0.15) is 0 Å². The molecule has 1 unspecified atom stereocenters. The number of hydrogen-bond acceptors (Lipinski definition) is 5. The van der Waals surface area contributed by atoms with Crippen LogP contribution in [-0.2, 0) is 6.54 Å². The van der Waals surface area contributed by atoms with E-state index in [2.05, 4.69) is 16.8 Å². The van der Waals surface area contributed by atoms with Gasteiger partial charge in [-0.15, -0.1) is 0 Å². The van der Waals surface area contributed by atoms with E-state index in [-0.39, 0.29) is 0 Å². The van der Waals surface area contributed by atoms with Gasteiger partial charge in [0.05, 0.1) is 29.5 Å². The molecule has 4 nitrogen and oxygen atoms in total. The summed E-state index contributed by atoms with van der Waals surface area (Å²) in [5, 5.41) is 10.6. The Kier molecular flexibility index (Phi) is 4.04. The van der Waals surface area contributed by atoms with Gasteiger partial charge in [-0.1, -0.05) is 11.3 Å². The first-order chi connectivity index (χ1) is 8.61. The molecule has 0 fully saturated rings. The fraction of sp³-hybridized carbons (Fsp3) is 0.462. The Morgan fingerprint density at radius 3 is 2.83 bits per heavy atom. The van der Waals surface area contributed by atoms with E-state index in [0.29, 0.717) is 6.54 Å². The lowest BCUT2D eigenvalue weighted by molar-refractivity contribution is 0.202. The SMILES string of the molecule is CCN(Cc1ccco1)c1nc(C)c(C(C)O)s1. The van der Waals surface area contributed by atoms with E-state index in [9.17, 15) is 5.11 Å². The molecule has 2 heterocycles. The third kappa shape index (κ3) is 2.73. The smallest absolute Gasteiger partial charge is 0.186 e. The fourth-order valence-electron chi connectivity index (χ4n) is 1.82. The van der Waals surface area contributed by atoms with Crippen molar-refractivity contribution in [3.63, 3.8) is 0 Å².